The highest BCUT2D eigenvalue weighted by Gasteiger charge is 2.22. The van der Waals surface area contributed by atoms with Crippen LogP contribution in [0.5, 0.6) is 11.5 Å². The number of fused-ring (bicyclic) bond motifs is 1. The molecule has 0 N–H and O–H groups in total. The highest BCUT2D eigenvalue weighted by molar-refractivity contribution is 7.86. The minimum absolute atomic E-state index is 0.0597. The molecule has 0 saturated carbocycles. The molecule has 0 amide bonds. The molecule has 0 unspecified atom stereocenters. The number of esters is 1. The van der Waals surface area contributed by atoms with Crippen molar-refractivity contribution in [3.63, 3.8) is 0 Å². The van der Waals surface area contributed by atoms with E-state index in [2.05, 4.69) is 4.98 Å². The van der Waals surface area contributed by atoms with Gasteiger partial charge in [0.2, 0.25) is 0 Å². The summed E-state index contributed by atoms with van der Waals surface area (Å²) in [6, 6.07) is 12.4. The van der Waals surface area contributed by atoms with Crippen molar-refractivity contribution in [2.24, 2.45) is 0 Å². The van der Waals surface area contributed by atoms with Gasteiger partial charge < -0.3 is 18.6 Å². The molecule has 0 bridgehead atoms. The van der Waals surface area contributed by atoms with Gasteiger partial charge in [0.25, 0.3) is 0 Å². The van der Waals surface area contributed by atoms with Crippen LogP contribution in [0.2, 0.25) is 0 Å². The van der Waals surface area contributed by atoms with Crippen molar-refractivity contribution in [2.75, 3.05) is 19.5 Å². The lowest BCUT2D eigenvalue weighted by molar-refractivity contribution is -0.142. The second-order valence-electron chi connectivity index (χ2n) is 10.3. The number of methoxy groups -OCH3 is 1. The number of benzene rings is 2. The molecule has 40 heavy (non-hydrogen) atoms. The molecule has 2 aromatic carbocycles. The number of pyridine rings is 1. The van der Waals surface area contributed by atoms with Crippen molar-refractivity contribution in [1.82, 2.24) is 4.98 Å². The second-order valence-corrected chi connectivity index (χ2v) is 12.6. The quantitative estimate of drug-likeness (QED) is 0.193. The molecule has 0 fully saturated rings. The Labute approximate surface area is 236 Å². The topological polar surface area (TPSA) is 87.9 Å². The van der Waals surface area contributed by atoms with E-state index in [0.29, 0.717) is 46.1 Å². The Morgan fingerprint density at radius 3 is 2.62 bits per heavy atom. The molecule has 2 heterocycles. The van der Waals surface area contributed by atoms with Crippen molar-refractivity contribution < 1.29 is 32.0 Å². The normalized spacial score (nSPS) is 12.3. The van der Waals surface area contributed by atoms with E-state index in [1.165, 1.54) is 0 Å². The molecular formula is C31H34FNO6S. The van der Waals surface area contributed by atoms with Gasteiger partial charge in [-0.2, -0.15) is 0 Å². The summed E-state index contributed by atoms with van der Waals surface area (Å²) in [5.74, 6) is 0.580. The van der Waals surface area contributed by atoms with Crippen molar-refractivity contribution >= 4 is 27.7 Å². The number of halogens is 1. The van der Waals surface area contributed by atoms with Crippen LogP contribution in [0.4, 0.5) is 4.39 Å². The number of carbonyl (C=O) groups excluding carboxylic acids is 1. The summed E-state index contributed by atoms with van der Waals surface area (Å²) in [6.07, 6.45) is 3.44. The second kappa shape index (κ2) is 12.6. The Morgan fingerprint density at radius 2 is 1.90 bits per heavy atom. The van der Waals surface area contributed by atoms with Crippen LogP contribution in [0.1, 0.15) is 44.5 Å². The number of ether oxygens (including phenoxy) is 3. The molecule has 2 aromatic heterocycles. The first-order valence-corrected chi connectivity index (χ1v) is 14.4. The lowest BCUT2D eigenvalue weighted by atomic mass is 9.99. The van der Waals surface area contributed by atoms with Crippen LogP contribution in [-0.4, -0.2) is 39.4 Å². The first kappa shape index (κ1) is 29.3. The van der Waals surface area contributed by atoms with E-state index in [0.717, 1.165) is 10.9 Å². The Kier molecular flexibility index (Phi) is 9.25. The molecule has 0 radical (unpaired) electrons. The fourth-order valence-electron chi connectivity index (χ4n) is 4.26. The number of hydrogen-bond donors (Lipinski definition) is 0. The SMILES string of the molecule is CCOC(=O)Cc1ccc(OC)cc1OCc1cc(-c2ccnc(CC[S@](=O)C(C)(C)C)c2F)c2occc2c1. The third kappa shape index (κ3) is 6.88. The highest BCUT2D eigenvalue weighted by atomic mass is 32.2. The molecule has 0 aliphatic rings. The number of rotatable bonds is 11. The number of furan rings is 1. The summed E-state index contributed by atoms with van der Waals surface area (Å²) in [4.78, 5) is 16.4. The Bertz CT molecular complexity index is 1520. The van der Waals surface area contributed by atoms with E-state index in [1.54, 1.807) is 50.8 Å². The van der Waals surface area contributed by atoms with Gasteiger partial charge in [0, 0.05) is 62.1 Å². The molecule has 212 valence electrons. The number of nitrogens with zero attached hydrogens (tertiary/aromatic N) is 1. The van der Waals surface area contributed by atoms with Gasteiger partial charge in [0.05, 0.1) is 32.1 Å². The average Bonchev–Trinajstić information content (AvgIpc) is 3.40. The van der Waals surface area contributed by atoms with Crippen LogP contribution in [0.25, 0.3) is 22.1 Å². The highest BCUT2D eigenvalue weighted by Crippen LogP contribution is 2.34. The molecule has 1 atom stereocenters. The van der Waals surface area contributed by atoms with Gasteiger partial charge in [-0.1, -0.05) is 6.07 Å². The predicted molar refractivity (Wildman–Crippen MR) is 154 cm³/mol. The van der Waals surface area contributed by atoms with Crippen molar-refractivity contribution in [1.29, 1.82) is 0 Å². The molecule has 0 saturated heterocycles. The molecule has 0 aliphatic carbocycles. The summed E-state index contributed by atoms with van der Waals surface area (Å²) in [7, 11) is 0.430. The van der Waals surface area contributed by atoms with Gasteiger partial charge in [-0.3, -0.25) is 14.0 Å². The Hall–Kier alpha value is -3.72. The molecule has 9 heteroatoms. The van der Waals surface area contributed by atoms with Crippen LogP contribution in [-0.2, 0) is 39.8 Å². The monoisotopic (exact) mass is 567 g/mol. The molecule has 0 spiro atoms. The third-order valence-electron chi connectivity index (χ3n) is 6.38. The zero-order valence-corrected chi connectivity index (χ0v) is 24.2. The maximum atomic E-state index is 15.8. The van der Waals surface area contributed by atoms with Crippen LogP contribution in [0, 0.1) is 5.82 Å². The van der Waals surface area contributed by atoms with E-state index < -0.39 is 16.6 Å². The van der Waals surface area contributed by atoms with Gasteiger partial charge in [0.1, 0.15) is 23.7 Å². The summed E-state index contributed by atoms with van der Waals surface area (Å²) >= 11 is 0. The first-order chi connectivity index (χ1) is 19.1. The van der Waals surface area contributed by atoms with E-state index in [1.807, 2.05) is 39.0 Å². The zero-order valence-electron chi connectivity index (χ0n) is 23.4. The number of carbonyl (C=O) groups is 1. The fraction of sp³-hybridized carbons (Fsp3) is 0.355. The summed E-state index contributed by atoms with van der Waals surface area (Å²) in [5.41, 5.74) is 3.16. The molecule has 4 rings (SSSR count). The van der Waals surface area contributed by atoms with Crippen LogP contribution in [0.15, 0.2) is 59.3 Å². The minimum atomic E-state index is -1.13. The fourth-order valence-corrected chi connectivity index (χ4v) is 5.25. The molecular weight excluding hydrogens is 533 g/mol. The van der Waals surface area contributed by atoms with Crippen molar-refractivity contribution in [3.05, 3.63) is 77.6 Å². The van der Waals surface area contributed by atoms with E-state index >= 15 is 4.39 Å². The minimum Gasteiger partial charge on any atom is -0.497 e. The lowest BCUT2D eigenvalue weighted by Gasteiger charge is -2.17. The first-order valence-electron chi connectivity index (χ1n) is 13.1. The standard InChI is InChI=1S/C31H34FNO6S/c1-6-37-28(34)17-21-7-8-23(36-5)18-27(21)39-19-20-15-22-10-13-38-30(22)25(16-20)24-9-12-33-26(29(24)32)11-14-40(35)31(2,3)4/h7-10,12-13,15-16,18H,6,11,14,17,19H2,1-5H3/t40-/m0/s1. The summed E-state index contributed by atoms with van der Waals surface area (Å²) in [5, 5.41) is 0.792. The van der Waals surface area contributed by atoms with Gasteiger partial charge in [-0.15, -0.1) is 0 Å². The van der Waals surface area contributed by atoms with Gasteiger partial charge in [-0.25, -0.2) is 4.39 Å². The van der Waals surface area contributed by atoms with E-state index in [4.69, 9.17) is 18.6 Å². The lowest BCUT2D eigenvalue weighted by Crippen LogP contribution is -2.25. The van der Waals surface area contributed by atoms with E-state index in [-0.39, 0.29) is 35.9 Å². The van der Waals surface area contributed by atoms with Gasteiger partial charge in [0.15, 0.2) is 5.82 Å². The summed E-state index contributed by atoms with van der Waals surface area (Å²) in [6.45, 7) is 7.90. The van der Waals surface area contributed by atoms with Gasteiger partial charge >= 0.3 is 5.97 Å². The van der Waals surface area contributed by atoms with Crippen molar-refractivity contribution in [2.45, 2.75) is 51.9 Å². The average molecular weight is 568 g/mol. The Balaban J connectivity index is 1.64. The van der Waals surface area contributed by atoms with E-state index in [9.17, 15) is 9.00 Å². The summed E-state index contributed by atoms with van der Waals surface area (Å²) < 4.78 is 50.2. The van der Waals surface area contributed by atoms with Crippen LogP contribution < -0.4 is 9.47 Å². The molecule has 0 aliphatic heterocycles. The van der Waals surface area contributed by atoms with Gasteiger partial charge in [-0.05, 0) is 63.6 Å². The van der Waals surface area contributed by atoms with Crippen LogP contribution in [0.3, 0.4) is 0 Å². The number of hydrogen-bond acceptors (Lipinski definition) is 7. The largest absolute Gasteiger partial charge is 0.497 e. The third-order valence-corrected chi connectivity index (χ3v) is 8.32. The number of aromatic nitrogens is 1. The predicted octanol–water partition coefficient (Wildman–Crippen LogP) is 6.42. The van der Waals surface area contributed by atoms with Crippen molar-refractivity contribution in [3.8, 4) is 22.6 Å². The molecule has 4 aromatic rings. The maximum Gasteiger partial charge on any atom is 0.310 e. The van der Waals surface area contributed by atoms with Crippen LogP contribution >= 0.6 is 0 Å². The smallest absolute Gasteiger partial charge is 0.310 e. The Morgan fingerprint density at radius 1 is 1.10 bits per heavy atom. The molecule has 7 nitrogen and oxygen atoms in total. The zero-order chi connectivity index (χ0) is 28.9. The maximum absolute atomic E-state index is 15.8. The number of aryl methyl sites for hydroxylation is 1.